The van der Waals surface area contributed by atoms with Gasteiger partial charge in [-0.2, -0.15) is 0 Å². The summed E-state index contributed by atoms with van der Waals surface area (Å²) in [5, 5.41) is 10.2. The molecule has 0 bridgehead atoms. The van der Waals surface area contributed by atoms with Crippen LogP contribution in [0.2, 0.25) is 0 Å². The molecule has 0 aliphatic heterocycles. The van der Waals surface area contributed by atoms with Crippen molar-refractivity contribution in [1.82, 2.24) is 0 Å². The fraction of sp³-hybridized carbons (Fsp3) is 0.821. The van der Waals surface area contributed by atoms with E-state index in [-0.39, 0.29) is 0 Å². The first-order valence-corrected chi connectivity index (χ1v) is 12.3. The zero-order valence-electron chi connectivity index (χ0n) is 20.0. The third kappa shape index (κ3) is 4.04. The van der Waals surface area contributed by atoms with Gasteiger partial charge in [0.25, 0.3) is 0 Å². The van der Waals surface area contributed by atoms with Crippen LogP contribution in [0.1, 0.15) is 98.8 Å². The molecule has 3 saturated carbocycles. The van der Waals surface area contributed by atoms with E-state index in [2.05, 4.69) is 39.7 Å². The number of terminal acetylenes is 1. The van der Waals surface area contributed by atoms with E-state index in [0.717, 1.165) is 55.8 Å². The molecule has 1 N–H and O–H groups in total. The first-order valence-electron chi connectivity index (χ1n) is 12.3. The van der Waals surface area contributed by atoms with Gasteiger partial charge < -0.3 is 5.11 Å². The van der Waals surface area contributed by atoms with Crippen LogP contribution in [0.4, 0.5) is 0 Å². The van der Waals surface area contributed by atoms with E-state index in [9.17, 15) is 9.90 Å². The van der Waals surface area contributed by atoms with Crippen LogP contribution in [0.3, 0.4) is 0 Å². The van der Waals surface area contributed by atoms with Gasteiger partial charge in [0.1, 0.15) is 5.78 Å². The number of carbonyl (C=O) groups is 1. The Bertz CT molecular complexity index is 695. The van der Waals surface area contributed by atoms with Crippen molar-refractivity contribution in [3.63, 3.8) is 0 Å². The summed E-state index contributed by atoms with van der Waals surface area (Å²) in [4.78, 5) is 12.0. The molecule has 0 heterocycles. The summed E-state index contributed by atoms with van der Waals surface area (Å²) >= 11 is 0. The van der Waals surface area contributed by atoms with E-state index < -0.39 is 5.60 Å². The maximum absolute atomic E-state index is 12.0. The van der Waals surface area contributed by atoms with Crippen molar-refractivity contribution < 1.29 is 9.90 Å². The highest BCUT2D eigenvalue weighted by atomic mass is 16.3. The second kappa shape index (κ2) is 8.46. The molecule has 3 fully saturated rings. The smallest absolute Gasteiger partial charge is 0.136 e. The molecule has 0 radical (unpaired) electrons. The Morgan fingerprint density at radius 2 is 1.87 bits per heavy atom. The predicted octanol–water partition coefficient (Wildman–Crippen LogP) is 6.57. The van der Waals surface area contributed by atoms with Gasteiger partial charge in [-0.25, -0.2) is 0 Å². The molecule has 2 heteroatoms. The first kappa shape index (κ1) is 23.6. The number of hydrogen-bond donors (Lipinski definition) is 1. The van der Waals surface area contributed by atoms with Crippen LogP contribution in [-0.2, 0) is 4.79 Å². The van der Waals surface area contributed by atoms with Crippen molar-refractivity contribution in [3.8, 4) is 12.8 Å². The van der Waals surface area contributed by atoms with Crippen LogP contribution >= 0.6 is 0 Å². The molecule has 0 aromatic rings. The van der Waals surface area contributed by atoms with Crippen LogP contribution in [-0.4, -0.2) is 16.5 Å². The van der Waals surface area contributed by atoms with Crippen molar-refractivity contribution in [2.24, 2.45) is 40.4 Å². The largest absolute Gasteiger partial charge is 0.390 e. The van der Waals surface area contributed by atoms with E-state index in [4.69, 9.17) is 0 Å². The second-order valence-corrected chi connectivity index (χ2v) is 12.0. The third-order valence-corrected chi connectivity index (χ3v) is 9.91. The average Bonchev–Trinajstić information content (AvgIpc) is 3.05. The highest BCUT2D eigenvalue weighted by Gasteiger charge is 2.59. The van der Waals surface area contributed by atoms with E-state index in [0.29, 0.717) is 22.5 Å². The number of hydrogen-bond acceptors (Lipinski definition) is 2. The highest BCUT2D eigenvalue weighted by molar-refractivity contribution is 5.82. The molecule has 0 aromatic heterocycles. The minimum absolute atomic E-state index is 0.294. The summed E-state index contributed by atoms with van der Waals surface area (Å²) < 4.78 is 0. The van der Waals surface area contributed by atoms with Crippen LogP contribution in [0.25, 0.3) is 0 Å². The normalized spacial score (nSPS) is 41.5. The minimum Gasteiger partial charge on any atom is -0.390 e. The van der Waals surface area contributed by atoms with Crippen LogP contribution in [0.15, 0.2) is 11.6 Å². The lowest BCUT2D eigenvalue weighted by Gasteiger charge is -2.58. The number of Topliss-reactive ketones (excluding diaryl/α,β-unsaturated/α-hetero) is 1. The molecule has 0 saturated heterocycles. The molecule has 2 nitrogen and oxygen atoms in total. The topological polar surface area (TPSA) is 37.3 Å². The summed E-state index contributed by atoms with van der Waals surface area (Å²) in [6.45, 7) is 11.4. The lowest BCUT2D eigenvalue weighted by Crippen LogP contribution is -2.50. The number of carbonyl (C=O) groups excluding carboxylic acids is 1. The molecule has 30 heavy (non-hydrogen) atoms. The van der Waals surface area contributed by atoms with Crippen LogP contribution in [0.5, 0.6) is 0 Å². The quantitative estimate of drug-likeness (QED) is 0.419. The van der Waals surface area contributed by atoms with E-state index in [1.807, 2.05) is 13.8 Å². The van der Waals surface area contributed by atoms with Crippen molar-refractivity contribution >= 4 is 5.78 Å². The lowest BCUT2D eigenvalue weighted by molar-refractivity contribution is -0.122. The van der Waals surface area contributed by atoms with Gasteiger partial charge >= 0.3 is 0 Å². The standard InChI is InChI=1S/C26H42O2.C2H2/c1-17(10-13-24(2,3)28)21-8-9-22-20-7-6-18-16-19(27)11-14-25(18,4)23(20)12-15-26(21,22)5;1-2/h6,17,20-23,28H,7-16H2,1-5H3;1-2H/t17-,20?,21?,22?,23?,25+,26?;/m1./s1. The molecule has 7 atom stereocenters. The maximum atomic E-state index is 12.0. The monoisotopic (exact) mass is 412 g/mol. The molecular formula is C28H44O2. The van der Waals surface area contributed by atoms with Gasteiger partial charge in [0, 0.05) is 12.8 Å². The van der Waals surface area contributed by atoms with Crippen molar-refractivity contribution in [2.45, 2.75) is 104 Å². The molecule has 4 aliphatic rings. The Kier molecular flexibility index (Phi) is 6.65. The number of aliphatic hydroxyl groups is 1. The molecule has 0 aromatic carbocycles. The summed E-state index contributed by atoms with van der Waals surface area (Å²) in [7, 11) is 0. The first-order chi connectivity index (χ1) is 14.0. The van der Waals surface area contributed by atoms with Gasteiger partial charge in [-0.15, -0.1) is 12.8 Å². The third-order valence-electron chi connectivity index (χ3n) is 9.91. The maximum Gasteiger partial charge on any atom is 0.136 e. The van der Waals surface area contributed by atoms with E-state index >= 15 is 0 Å². The van der Waals surface area contributed by atoms with Gasteiger partial charge in [-0.05, 0) is 106 Å². The summed E-state index contributed by atoms with van der Waals surface area (Å²) in [5.74, 6) is 4.45. The summed E-state index contributed by atoms with van der Waals surface area (Å²) in [6, 6.07) is 0. The Hall–Kier alpha value is -1.07. The number of rotatable bonds is 4. The molecule has 0 spiro atoms. The van der Waals surface area contributed by atoms with Gasteiger partial charge in [0.05, 0.1) is 5.60 Å². The summed E-state index contributed by atoms with van der Waals surface area (Å²) in [6.07, 6.45) is 21.9. The zero-order valence-corrected chi connectivity index (χ0v) is 20.0. The van der Waals surface area contributed by atoms with Crippen molar-refractivity contribution in [3.05, 3.63) is 11.6 Å². The second-order valence-electron chi connectivity index (χ2n) is 12.0. The molecule has 0 amide bonds. The number of allylic oxidation sites excluding steroid dienone is 2. The fourth-order valence-corrected chi connectivity index (χ4v) is 8.23. The highest BCUT2D eigenvalue weighted by Crippen LogP contribution is 2.67. The molecular weight excluding hydrogens is 368 g/mol. The fourth-order valence-electron chi connectivity index (χ4n) is 8.23. The molecule has 168 valence electrons. The molecule has 4 rings (SSSR count). The predicted molar refractivity (Wildman–Crippen MR) is 125 cm³/mol. The Labute approximate surface area is 185 Å². The van der Waals surface area contributed by atoms with Crippen molar-refractivity contribution in [1.29, 1.82) is 0 Å². The van der Waals surface area contributed by atoms with E-state index in [1.54, 1.807) is 0 Å². The zero-order chi connectivity index (χ0) is 22.3. The SMILES string of the molecule is C#C.C[C@H](CCC(C)(C)O)C1CCC2C3CC=C4CC(=O)CC[C@]4(C)C3CCC21C. The van der Waals surface area contributed by atoms with Gasteiger partial charge in [-0.3, -0.25) is 4.79 Å². The van der Waals surface area contributed by atoms with Gasteiger partial charge in [-0.1, -0.05) is 32.4 Å². The van der Waals surface area contributed by atoms with E-state index in [1.165, 1.54) is 37.7 Å². The van der Waals surface area contributed by atoms with Gasteiger partial charge in [0.2, 0.25) is 0 Å². The Morgan fingerprint density at radius 3 is 2.53 bits per heavy atom. The molecule has 5 unspecified atom stereocenters. The van der Waals surface area contributed by atoms with Gasteiger partial charge in [0.15, 0.2) is 0 Å². The lowest BCUT2D eigenvalue weighted by atomic mass is 9.47. The number of ketones is 1. The number of fused-ring (bicyclic) bond motifs is 5. The molecule has 4 aliphatic carbocycles. The Morgan fingerprint density at radius 1 is 1.17 bits per heavy atom. The van der Waals surface area contributed by atoms with Crippen molar-refractivity contribution in [2.75, 3.05) is 0 Å². The summed E-state index contributed by atoms with van der Waals surface area (Å²) in [5.41, 5.74) is 1.72. The average molecular weight is 413 g/mol. The van der Waals surface area contributed by atoms with Crippen LogP contribution < -0.4 is 0 Å². The van der Waals surface area contributed by atoms with Crippen LogP contribution in [0, 0.1) is 53.3 Å². The minimum atomic E-state index is -0.539. The Balaban J connectivity index is 0.00000124.